The van der Waals surface area contributed by atoms with E-state index in [2.05, 4.69) is 10.1 Å². The van der Waals surface area contributed by atoms with Crippen molar-refractivity contribution in [2.75, 3.05) is 19.8 Å². The van der Waals surface area contributed by atoms with Crippen molar-refractivity contribution in [2.24, 2.45) is 0 Å². The van der Waals surface area contributed by atoms with E-state index in [0.717, 1.165) is 5.56 Å². The highest BCUT2D eigenvalue weighted by atomic mass is 16.5. The summed E-state index contributed by atoms with van der Waals surface area (Å²) in [6, 6.07) is 5.61. The highest BCUT2D eigenvalue weighted by Crippen LogP contribution is 2.16. The molecular weight excluding hydrogens is 246 g/mol. The van der Waals surface area contributed by atoms with Gasteiger partial charge in [0.1, 0.15) is 12.3 Å². The Hall–Kier alpha value is -2.04. The molecule has 0 aromatic heterocycles. The molecule has 0 atom stereocenters. The summed E-state index contributed by atoms with van der Waals surface area (Å²) in [5, 5.41) is 2.43. The lowest BCUT2D eigenvalue weighted by atomic mass is 10.1. The molecule has 0 radical (unpaired) electrons. The molecule has 19 heavy (non-hydrogen) atoms. The summed E-state index contributed by atoms with van der Waals surface area (Å²) < 4.78 is 10.0. The van der Waals surface area contributed by atoms with Crippen LogP contribution < -0.4 is 10.1 Å². The van der Waals surface area contributed by atoms with Crippen molar-refractivity contribution < 1.29 is 19.1 Å². The van der Waals surface area contributed by atoms with E-state index in [1.54, 1.807) is 13.0 Å². The molecule has 0 bridgehead atoms. The molecule has 0 unspecified atom stereocenters. The number of benzene rings is 1. The van der Waals surface area contributed by atoms with Gasteiger partial charge in [-0.25, -0.2) is 0 Å². The number of ether oxygens (including phenoxy) is 2. The van der Waals surface area contributed by atoms with Gasteiger partial charge in [-0.15, -0.1) is 0 Å². The first kappa shape index (κ1) is 15.0. The zero-order valence-corrected chi connectivity index (χ0v) is 11.5. The van der Waals surface area contributed by atoms with Crippen molar-refractivity contribution in [3.05, 3.63) is 29.3 Å². The smallest absolute Gasteiger partial charge is 0.325 e. The summed E-state index contributed by atoms with van der Waals surface area (Å²) >= 11 is 0. The molecule has 0 aliphatic heterocycles. The number of esters is 1. The van der Waals surface area contributed by atoms with Gasteiger partial charge in [-0.2, -0.15) is 0 Å². The Morgan fingerprint density at radius 1 is 1.21 bits per heavy atom. The lowest BCUT2D eigenvalue weighted by Crippen LogP contribution is -2.34. The molecule has 5 nitrogen and oxygen atoms in total. The fourth-order valence-electron chi connectivity index (χ4n) is 1.39. The molecule has 104 valence electrons. The zero-order chi connectivity index (χ0) is 14.3. The van der Waals surface area contributed by atoms with Crippen LogP contribution in [0.25, 0.3) is 0 Å². The lowest BCUT2D eigenvalue weighted by Gasteiger charge is -2.08. The van der Waals surface area contributed by atoms with E-state index in [1.807, 2.05) is 26.0 Å². The normalized spacial score (nSPS) is 9.84. The standard InChI is InChI=1S/C14H19NO4/c1-4-18-14(17)8-15-13(16)9-19-12-6-5-10(2)11(3)7-12/h5-7H,4,8-9H2,1-3H3,(H,15,16). The molecule has 0 aliphatic rings. The molecule has 0 saturated carbocycles. The highest BCUT2D eigenvalue weighted by Gasteiger charge is 2.07. The number of hydrogen-bond acceptors (Lipinski definition) is 4. The number of hydrogen-bond donors (Lipinski definition) is 1. The van der Waals surface area contributed by atoms with Gasteiger partial charge in [0.25, 0.3) is 5.91 Å². The van der Waals surface area contributed by atoms with E-state index in [9.17, 15) is 9.59 Å². The summed E-state index contributed by atoms with van der Waals surface area (Å²) in [6.45, 7) is 5.73. The summed E-state index contributed by atoms with van der Waals surface area (Å²) in [5.41, 5.74) is 2.27. The Labute approximate surface area is 112 Å². The molecule has 0 fully saturated rings. The zero-order valence-electron chi connectivity index (χ0n) is 11.5. The lowest BCUT2D eigenvalue weighted by molar-refractivity contribution is -0.143. The van der Waals surface area contributed by atoms with Crippen molar-refractivity contribution in [2.45, 2.75) is 20.8 Å². The third kappa shape index (κ3) is 5.42. The third-order valence-electron chi connectivity index (χ3n) is 2.58. The van der Waals surface area contributed by atoms with Crippen LogP contribution in [0.15, 0.2) is 18.2 Å². The van der Waals surface area contributed by atoms with Crippen molar-refractivity contribution in [1.29, 1.82) is 0 Å². The van der Waals surface area contributed by atoms with Crippen molar-refractivity contribution >= 4 is 11.9 Å². The van der Waals surface area contributed by atoms with Crippen LogP contribution in [0.1, 0.15) is 18.1 Å². The van der Waals surface area contributed by atoms with E-state index in [0.29, 0.717) is 12.4 Å². The molecule has 5 heteroatoms. The maximum Gasteiger partial charge on any atom is 0.325 e. The molecule has 1 N–H and O–H groups in total. The average Bonchev–Trinajstić information content (AvgIpc) is 2.38. The highest BCUT2D eigenvalue weighted by molar-refractivity contribution is 5.82. The van der Waals surface area contributed by atoms with Crippen LogP contribution in [-0.4, -0.2) is 31.6 Å². The van der Waals surface area contributed by atoms with Crippen LogP contribution >= 0.6 is 0 Å². The van der Waals surface area contributed by atoms with Gasteiger partial charge < -0.3 is 14.8 Å². The minimum Gasteiger partial charge on any atom is -0.484 e. The Morgan fingerprint density at radius 3 is 2.58 bits per heavy atom. The second-order valence-corrected chi connectivity index (χ2v) is 4.12. The average molecular weight is 265 g/mol. The first-order valence-corrected chi connectivity index (χ1v) is 6.15. The van der Waals surface area contributed by atoms with Crippen LogP contribution in [0.4, 0.5) is 0 Å². The Morgan fingerprint density at radius 2 is 1.95 bits per heavy atom. The molecular formula is C14H19NO4. The molecule has 1 aromatic rings. The topological polar surface area (TPSA) is 64.6 Å². The molecule has 1 rings (SSSR count). The Kier molecular flexibility index (Phi) is 5.85. The van der Waals surface area contributed by atoms with Gasteiger partial charge >= 0.3 is 5.97 Å². The molecule has 0 aliphatic carbocycles. The number of carbonyl (C=O) groups excluding carboxylic acids is 2. The van der Waals surface area contributed by atoms with Gasteiger partial charge in [0, 0.05) is 0 Å². The van der Waals surface area contributed by atoms with Gasteiger partial charge in [-0.05, 0) is 44.0 Å². The van der Waals surface area contributed by atoms with Crippen molar-refractivity contribution in [1.82, 2.24) is 5.32 Å². The predicted molar refractivity (Wildman–Crippen MR) is 71.1 cm³/mol. The monoisotopic (exact) mass is 265 g/mol. The number of nitrogens with one attached hydrogen (secondary N) is 1. The number of rotatable bonds is 6. The first-order chi connectivity index (χ1) is 9.02. The minimum absolute atomic E-state index is 0.123. The van der Waals surface area contributed by atoms with E-state index < -0.39 is 5.97 Å². The van der Waals surface area contributed by atoms with Gasteiger partial charge in [0.15, 0.2) is 6.61 Å². The van der Waals surface area contributed by atoms with Gasteiger partial charge in [0.2, 0.25) is 0 Å². The Balaban J connectivity index is 2.33. The maximum absolute atomic E-state index is 11.4. The summed E-state index contributed by atoms with van der Waals surface area (Å²) in [5.74, 6) is -0.178. The quantitative estimate of drug-likeness (QED) is 0.789. The van der Waals surface area contributed by atoms with Crippen molar-refractivity contribution in [3.63, 3.8) is 0 Å². The largest absolute Gasteiger partial charge is 0.484 e. The van der Waals surface area contributed by atoms with Crippen LogP contribution in [0.5, 0.6) is 5.75 Å². The van der Waals surface area contributed by atoms with Gasteiger partial charge in [0.05, 0.1) is 6.61 Å². The molecule has 0 spiro atoms. The van der Waals surface area contributed by atoms with Crippen LogP contribution in [-0.2, 0) is 14.3 Å². The molecule has 0 heterocycles. The molecule has 0 saturated heterocycles. The first-order valence-electron chi connectivity index (χ1n) is 6.15. The maximum atomic E-state index is 11.4. The Bertz CT molecular complexity index is 457. The summed E-state index contributed by atoms with van der Waals surface area (Å²) in [6.07, 6.45) is 0. The van der Waals surface area contributed by atoms with E-state index in [4.69, 9.17) is 4.74 Å². The van der Waals surface area contributed by atoms with E-state index in [1.165, 1.54) is 5.56 Å². The van der Waals surface area contributed by atoms with Crippen LogP contribution in [0.3, 0.4) is 0 Å². The van der Waals surface area contributed by atoms with E-state index >= 15 is 0 Å². The van der Waals surface area contributed by atoms with Gasteiger partial charge in [-0.3, -0.25) is 9.59 Å². The fourth-order valence-corrected chi connectivity index (χ4v) is 1.39. The second-order valence-electron chi connectivity index (χ2n) is 4.12. The second kappa shape index (κ2) is 7.41. The minimum atomic E-state index is -0.456. The van der Waals surface area contributed by atoms with Crippen molar-refractivity contribution in [3.8, 4) is 5.75 Å². The summed E-state index contributed by atoms with van der Waals surface area (Å²) in [7, 11) is 0. The number of amides is 1. The predicted octanol–water partition coefficient (Wildman–Crippen LogP) is 1.36. The molecule has 1 amide bonds. The fraction of sp³-hybridized carbons (Fsp3) is 0.429. The van der Waals surface area contributed by atoms with Gasteiger partial charge in [-0.1, -0.05) is 6.07 Å². The SMILES string of the molecule is CCOC(=O)CNC(=O)COc1ccc(C)c(C)c1. The number of carbonyl (C=O) groups is 2. The molecule has 1 aromatic carbocycles. The summed E-state index contributed by atoms with van der Waals surface area (Å²) in [4.78, 5) is 22.5. The van der Waals surface area contributed by atoms with E-state index in [-0.39, 0.29) is 19.1 Å². The number of aryl methyl sites for hydroxylation is 2. The van der Waals surface area contributed by atoms with Crippen LogP contribution in [0, 0.1) is 13.8 Å². The third-order valence-corrected chi connectivity index (χ3v) is 2.58. The van der Waals surface area contributed by atoms with Crippen LogP contribution in [0.2, 0.25) is 0 Å².